The summed E-state index contributed by atoms with van der Waals surface area (Å²) in [5.74, 6) is 0.686. The van der Waals surface area contributed by atoms with E-state index in [4.69, 9.17) is 9.47 Å². The molecule has 1 aromatic rings. The van der Waals surface area contributed by atoms with Gasteiger partial charge in [-0.05, 0) is 44.5 Å². The fourth-order valence-electron chi connectivity index (χ4n) is 2.48. The number of benzene rings is 1. The van der Waals surface area contributed by atoms with Gasteiger partial charge in [0, 0.05) is 18.9 Å². The number of carbonyl (C=O) groups excluding carboxylic acids is 1. The van der Waals surface area contributed by atoms with Crippen LogP contribution in [0.3, 0.4) is 0 Å². The van der Waals surface area contributed by atoms with Gasteiger partial charge in [0.2, 0.25) is 0 Å². The van der Waals surface area contributed by atoms with Gasteiger partial charge in [0.05, 0.1) is 6.61 Å². The molecule has 0 spiro atoms. The Morgan fingerprint density at radius 1 is 1.36 bits per heavy atom. The molecule has 1 heterocycles. The molecule has 1 amide bonds. The molecule has 1 fully saturated rings. The first-order valence-electron chi connectivity index (χ1n) is 7.50. The van der Waals surface area contributed by atoms with E-state index in [1.165, 1.54) is 0 Å². The molecule has 0 saturated carbocycles. The Hall–Kier alpha value is -1.30. The first kappa shape index (κ1) is 18.7. The molecule has 2 N–H and O–H groups in total. The maximum atomic E-state index is 12.5. The number of ether oxygens (including phenoxy) is 2. The van der Waals surface area contributed by atoms with Gasteiger partial charge >= 0.3 is 0 Å². The fourth-order valence-corrected chi connectivity index (χ4v) is 2.48. The monoisotopic (exact) mass is 328 g/mol. The van der Waals surface area contributed by atoms with Crippen molar-refractivity contribution in [3.63, 3.8) is 0 Å². The molecule has 6 heteroatoms. The molecule has 1 saturated heterocycles. The SMILES string of the molecule is CCCOc1cccc(NC(=O)C2(OC)CCNCC2)c1.Cl. The average Bonchev–Trinajstić information content (AvgIpc) is 2.54. The van der Waals surface area contributed by atoms with E-state index < -0.39 is 5.60 Å². The Balaban J connectivity index is 0.00000242. The second kappa shape index (κ2) is 8.98. The molecule has 22 heavy (non-hydrogen) atoms. The van der Waals surface area contributed by atoms with Crippen molar-refractivity contribution >= 4 is 24.0 Å². The van der Waals surface area contributed by atoms with Crippen LogP contribution in [0.4, 0.5) is 5.69 Å². The zero-order valence-corrected chi connectivity index (χ0v) is 14.0. The molecule has 1 aliphatic rings. The number of hydrogen-bond acceptors (Lipinski definition) is 4. The number of rotatable bonds is 6. The van der Waals surface area contributed by atoms with Gasteiger partial charge in [0.1, 0.15) is 11.4 Å². The summed E-state index contributed by atoms with van der Waals surface area (Å²) in [4.78, 5) is 12.5. The maximum absolute atomic E-state index is 12.5. The van der Waals surface area contributed by atoms with Crippen molar-refractivity contribution in [3.05, 3.63) is 24.3 Å². The molecule has 0 bridgehead atoms. The Kier molecular flexibility index (Phi) is 7.65. The lowest BCUT2D eigenvalue weighted by Crippen LogP contribution is -2.51. The van der Waals surface area contributed by atoms with Crippen LogP contribution in [0.15, 0.2) is 24.3 Å². The first-order chi connectivity index (χ1) is 10.2. The summed E-state index contributed by atoms with van der Waals surface area (Å²) < 4.78 is 11.1. The summed E-state index contributed by atoms with van der Waals surface area (Å²) in [6.07, 6.45) is 2.32. The number of anilines is 1. The Morgan fingerprint density at radius 3 is 2.73 bits per heavy atom. The summed E-state index contributed by atoms with van der Waals surface area (Å²) in [7, 11) is 1.60. The highest BCUT2D eigenvalue weighted by Gasteiger charge is 2.39. The van der Waals surface area contributed by atoms with E-state index in [0.717, 1.165) is 30.9 Å². The Morgan fingerprint density at radius 2 is 2.09 bits per heavy atom. The van der Waals surface area contributed by atoms with Crippen LogP contribution in [0, 0.1) is 0 Å². The minimum atomic E-state index is -0.731. The van der Waals surface area contributed by atoms with Crippen molar-refractivity contribution in [1.29, 1.82) is 0 Å². The molecule has 5 nitrogen and oxygen atoms in total. The number of hydrogen-bond donors (Lipinski definition) is 2. The minimum Gasteiger partial charge on any atom is -0.494 e. The Bertz CT molecular complexity index is 476. The van der Waals surface area contributed by atoms with E-state index >= 15 is 0 Å². The van der Waals surface area contributed by atoms with Gasteiger partial charge in [0.25, 0.3) is 5.91 Å². The summed E-state index contributed by atoms with van der Waals surface area (Å²) in [6, 6.07) is 7.48. The van der Waals surface area contributed by atoms with Gasteiger partial charge in [-0.15, -0.1) is 12.4 Å². The van der Waals surface area contributed by atoms with Crippen LogP contribution in [0.1, 0.15) is 26.2 Å². The highest BCUT2D eigenvalue weighted by Crippen LogP contribution is 2.25. The predicted octanol–water partition coefficient (Wildman–Crippen LogP) is 2.60. The van der Waals surface area contributed by atoms with Crippen LogP contribution in [-0.2, 0) is 9.53 Å². The van der Waals surface area contributed by atoms with Crippen LogP contribution < -0.4 is 15.4 Å². The van der Waals surface area contributed by atoms with Gasteiger partial charge in [-0.2, -0.15) is 0 Å². The third-order valence-electron chi connectivity index (χ3n) is 3.78. The quantitative estimate of drug-likeness (QED) is 0.842. The second-order valence-corrected chi connectivity index (χ2v) is 5.28. The van der Waals surface area contributed by atoms with Gasteiger partial charge < -0.3 is 20.1 Å². The summed E-state index contributed by atoms with van der Waals surface area (Å²) in [6.45, 7) is 4.32. The maximum Gasteiger partial charge on any atom is 0.256 e. The largest absolute Gasteiger partial charge is 0.494 e. The molecule has 0 aromatic heterocycles. The highest BCUT2D eigenvalue weighted by atomic mass is 35.5. The fraction of sp³-hybridized carbons (Fsp3) is 0.562. The Labute approximate surface area is 138 Å². The number of halogens is 1. The van der Waals surface area contributed by atoms with E-state index in [2.05, 4.69) is 17.6 Å². The summed E-state index contributed by atoms with van der Waals surface area (Å²) >= 11 is 0. The number of piperidine rings is 1. The van der Waals surface area contributed by atoms with Crippen molar-refractivity contribution < 1.29 is 14.3 Å². The van der Waals surface area contributed by atoms with Gasteiger partial charge in [-0.3, -0.25) is 4.79 Å². The van der Waals surface area contributed by atoms with Crippen molar-refractivity contribution in [2.75, 3.05) is 32.1 Å². The van der Waals surface area contributed by atoms with E-state index in [1.54, 1.807) is 7.11 Å². The predicted molar refractivity (Wildman–Crippen MR) is 89.9 cm³/mol. The molecule has 2 rings (SSSR count). The topological polar surface area (TPSA) is 59.6 Å². The van der Waals surface area contributed by atoms with Crippen molar-refractivity contribution in [1.82, 2.24) is 5.32 Å². The minimum absolute atomic E-state index is 0. The van der Waals surface area contributed by atoms with Gasteiger partial charge in [0.15, 0.2) is 0 Å². The first-order valence-corrected chi connectivity index (χ1v) is 7.50. The third kappa shape index (κ3) is 4.60. The molecule has 0 aliphatic carbocycles. The van der Waals surface area contributed by atoms with Crippen LogP contribution in [0.2, 0.25) is 0 Å². The third-order valence-corrected chi connectivity index (χ3v) is 3.78. The van der Waals surface area contributed by atoms with E-state index in [0.29, 0.717) is 19.4 Å². The normalized spacial score (nSPS) is 16.5. The van der Waals surface area contributed by atoms with E-state index in [1.807, 2.05) is 24.3 Å². The van der Waals surface area contributed by atoms with Crippen molar-refractivity contribution in [2.45, 2.75) is 31.8 Å². The average molecular weight is 329 g/mol. The molecule has 0 atom stereocenters. The van der Waals surface area contributed by atoms with Crippen molar-refractivity contribution in [3.8, 4) is 5.75 Å². The highest BCUT2D eigenvalue weighted by molar-refractivity contribution is 5.97. The lowest BCUT2D eigenvalue weighted by Gasteiger charge is -2.34. The molecule has 0 radical (unpaired) electrons. The number of amides is 1. The summed E-state index contributed by atoms with van der Waals surface area (Å²) in [5, 5.41) is 6.19. The molecular weight excluding hydrogens is 304 g/mol. The number of methoxy groups -OCH3 is 1. The standard InChI is InChI=1S/C16H24N2O3.ClH/c1-3-11-21-14-6-4-5-13(12-14)18-15(19)16(20-2)7-9-17-10-8-16;/h4-6,12,17H,3,7-11H2,1-2H3,(H,18,19);1H. The van der Waals surface area contributed by atoms with Crippen LogP contribution in [0.5, 0.6) is 5.75 Å². The number of nitrogens with one attached hydrogen (secondary N) is 2. The molecular formula is C16H25ClN2O3. The van der Waals surface area contributed by atoms with Crippen molar-refractivity contribution in [2.24, 2.45) is 0 Å². The van der Waals surface area contributed by atoms with Crippen LogP contribution in [0.25, 0.3) is 0 Å². The van der Waals surface area contributed by atoms with Crippen LogP contribution in [-0.4, -0.2) is 38.3 Å². The summed E-state index contributed by atoms with van der Waals surface area (Å²) in [5.41, 5.74) is 0.00878. The van der Waals surface area contributed by atoms with Crippen LogP contribution >= 0.6 is 12.4 Å². The lowest BCUT2D eigenvalue weighted by atomic mass is 9.91. The lowest BCUT2D eigenvalue weighted by molar-refractivity contribution is -0.140. The van der Waals surface area contributed by atoms with E-state index in [-0.39, 0.29) is 18.3 Å². The van der Waals surface area contributed by atoms with Gasteiger partial charge in [-0.1, -0.05) is 13.0 Å². The molecule has 0 unspecified atom stereocenters. The molecule has 124 valence electrons. The molecule has 1 aromatic carbocycles. The zero-order chi connectivity index (χ0) is 15.1. The zero-order valence-electron chi connectivity index (χ0n) is 13.2. The van der Waals surface area contributed by atoms with E-state index in [9.17, 15) is 4.79 Å². The smallest absolute Gasteiger partial charge is 0.256 e. The second-order valence-electron chi connectivity index (χ2n) is 5.28. The number of carbonyl (C=O) groups is 1. The van der Waals surface area contributed by atoms with Gasteiger partial charge in [-0.25, -0.2) is 0 Å². The molecule has 1 aliphatic heterocycles.